The molecular weight excluding hydrogens is 411 g/mol. The Hall–Kier alpha value is -2.48. The van der Waals surface area contributed by atoms with Gasteiger partial charge in [0.25, 0.3) is 0 Å². The second-order valence-electron chi connectivity index (χ2n) is 6.32. The molecule has 0 spiro atoms. The van der Waals surface area contributed by atoms with Crippen molar-refractivity contribution in [2.24, 2.45) is 0 Å². The number of carbonyl (C=O) groups is 2. The molecule has 1 aliphatic carbocycles. The maximum absolute atomic E-state index is 14.1. The minimum atomic E-state index is -5.28. The van der Waals surface area contributed by atoms with Gasteiger partial charge in [-0.15, -0.1) is 11.3 Å². The van der Waals surface area contributed by atoms with Crippen LogP contribution in [0.5, 0.6) is 0 Å². The maximum Gasteiger partial charge on any atom is 0.442 e. The zero-order chi connectivity index (χ0) is 21.7. The van der Waals surface area contributed by atoms with Gasteiger partial charge in [0.2, 0.25) is 0 Å². The number of rotatable bonds is 6. The van der Waals surface area contributed by atoms with Crippen molar-refractivity contribution in [3.8, 4) is 6.07 Å². The van der Waals surface area contributed by atoms with Crippen LogP contribution in [-0.2, 0) is 27.1 Å². The van der Waals surface area contributed by atoms with Gasteiger partial charge in [0, 0.05) is 4.88 Å². The van der Waals surface area contributed by atoms with Gasteiger partial charge in [-0.05, 0) is 45.1 Å². The molecule has 0 aliphatic heterocycles. The molecule has 7 nitrogen and oxygen atoms in total. The van der Waals surface area contributed by atoms with Crippen LogP contribution >= 0.6 is 11.3 Å². The minimum Gasteiger partial charge on any atom is -0.463 e. The molecule has 1 heterocycles. The van der Waals surface area contributed by atoms with E-state index in [-0.39, 0.29) is 23.8 Å². The Balaban J connectivity index is 2.56. The summed E-state index contributed by atoms with van der Waals surface area (Å²) in [4.78, 5) is 25.1. The summed E-state index contributed by atoms with van der Waals surface area (Å²) in [6.45, 7) is 2.22. The summed E-state index contributed by atoms with van der Waals surface area (Å²) in [6.07, 6.45) is -2.86. The van der Waals surface area contributed by atoms with E-state index < -0.39 is 23.9 Å². The summed E-state index contributed by atoms with van der Waals surface area (Å²) >= 11 is 0.985. The van der Waals surface area contributed by atoms with Gasteiger partial charge >= 0.3 is 23.9 Å². The zero-order valence-corrected chi connectivity index (χ0v) is 16.9. The Morgan fingerprint density at radius 2 is 1.79 bits per heavy atom. The quantitative estimate of drug-likeness (QED) is 0.401. The number of nitriles is 1. The highest BCUT2D eigenvalue weighted by molar-refractivity contribution is 7.16. The molecule has 1 aliphatic rings. The molecule has 0 bridgehead atoms. The van der Waals surface area contributed by atoms with Crippen LogP contribution in [0.2, 0.25) is 0 Å². The van der Waals surface area contributed by atoms with Crippen LogP contribution in [-0.4, -0.2) is 37.1 Å². The molecule has 0 saturated heterocycles. The number of ether oxygens (including phenoxy) is 2. The van der Waals surface area contributed by atoms with E-state index in [0.717, 1.165) is 35.5 Å². The number of anilines is 1. The molecule has 0 fully saturated rings. The second kappa shape index (κ2) is 9.35. The maximum atomic E-state index is 14.1. The SMILES string of the molecule is CCOC(=O)N[C@@](Nc1sc2c(c1C#N)CCCCC2)(C(=O)OCC)C(F)(F)F. The Morgan fingerprint density at radius 3 is 2.38 bits per heavy atom. The summed E-state index contributed by atoms with van der Waals surface area (Å²) in [6, 6.07) is 1.94. The van der Waals surface area contributed by atoms with E-state index in [0.29, 0.717) is 18.4 Å². The number of amides is 1. The predicted octanol–water partition coefficient (Wildman–Crippen LogP) is 3.87. The summed E-state index contributed by atoms with van der Waals surface area (Å²) in [5.74, 6) is -1.74. The van der Waals surface area contributed by atoms with Gasteiger partial charge in [-0.2, -0.15) is 18.4 Å². The van der Waals surface area contributed by atoms with Gasteiger partial charge < -0.3 is 14.8 Å². The number of fused-ring (bicyclic) bond motifs is 1. The molecule has 11 heteroatoms. The highest BCUT2D eigenvalue weighted by Crippen LogP contribution is 2.41. The predicted molar refractivity (Wildman–Crippen MR) is 99.5 cm³/mol. The number of halogens is 3. The van der Waals surface area contributed by atoms with Crippen LogP contribution in [0.4, 0.5) is 23.0 Å². The topological polar surface area (TPSA) is 100 Å². The molecule has 1 atom stereocenters. The molecule has 0 saturated carbocycles. The van der Waals surface area contributed by atoms with Crippen LogP contribution in [0.15, 0.2) is 0 Å². The zero-order valence-electron chi connectivity index (χ0n) is 16.1. The number of aryl methyl sites for hydroxylation is 1. The lowest BCUT2D eigenvalue weighted by Gasteiger charge is -2.34. The van der Waals surface area contributed by atoms with Crippen LogP contribution < -0.4 is 10.6 Å². The van der Waals surface area contributed by atoms with Gasteiger partial charge in [0.15, 0.2) is 0 Å². The van der Waals surface area contributed by atoms with E-state index in [9.17, 15) is 28.0 Å². The second-order valence-corrected chi connectivity index (χ2v) is 7.42. The van der Waals surface area contributed by atoms with E-state index in [1.54, 1.807) is 5.32 Å². The molecule has 29 heavy (non-hydrogen) atoms. The van der Waals surface area contributed by atoms with Gasteiger partial charge in [0.05, 0.1) is 18.8 Å². The summed E-state index contributed by atoms with van der Waals surface area (Å²) < 4.78 is 51.5. The third-order valence-corrected chi connectivity index (χ3v) is 5.61. The number of nitrogens with one attached hydrogen (secondary N) is 2. The molecule has 0 unspecified atom stereocenters. The van der Waals surface area contributed by atoms with Crippen molar-refractivity contribution in [3.05, 3.63) is 16.0 Å². The van der Waals surface area contributed by atoms with Crippen molar-refractivity contribution in [1.29, 1.82) is 5.26 Å². The standard InChI is InChI=1S/C18H22F3N3O4S/c1-3-27-15(25)17(18(19,20)21,24-16(26)28-4-2)23-14-12(10-22)11-8-6-5-7-9-13(11)29-14/h23H,3-9H2,1-2H3,(H,24,26)/t17-/m0/s1. The Bertz CT molecular complexity index is 803. The minimum absolute atomic E-state index is 0.0514. The fourth-order valence-electron chi connectivity index (χ4n) is 3.07. The molecule has 0 radical (unpaired) electrons. The summed E-state index contributed by atoms with van der Waals surface area (Å²) in [7, 11) is 0. The van der Waals surface area contributed by atoms with Gasteiger partial charge in [-0.1, -0.05) is 6.42 Å². The van der Waals surface area contributed by atoms with Crippen LogP contribution in [0.3, 0.4) is 0 Å². The number of hydrogen-bond donors (Lipinski definition) is 2. The first-order valence-electron chi connectivity index (χ1n) is 9.21. The average Bonchev–Trinajstić information content (AvgIpc) is 2.80. The monoisotopic (exact) mass is 433 g/mol. The lowest BCUT2D eigenvalue weighted by Crippen LogP contribution is -2.69. The average molecular weight is 433 g/mol. The summed E-state index contributed by atoms with van der Waals surface area (Å²) in [5.41, 5.74) is -2.85. The first kappa shape index (κ1) is 22.8. The molecule has 2 N–H and O–H groups in total. The number of esters is 1. The molecule has 1 aromatic rings. The van der Waals surface area contributed by atoms with Gasteiger partial charge in [0.1, 0.15) is 11.1 Å². The van der Waals surface area contributed by atoms with Crippen molar-refractivity contribution in [1.82, 2.24) is 5.32 Å². The van der Waals surface area contributed by atoms with E-state index in [4.69, 9.17) is 0 Å². The number of alkyl halides is 3. The fourth-order valence-corrected chi connectivity index (χ4v) is 4.36. The Kier molecular flexibility index (Phi) is 7.35. The molecule has 1 aromatic heterocycles. The third kappa shape index (κ3) is 4.75. The molecular formula is C18H22F3N3O4S. The van der Waals surface area contributed by atoms with Crippen LogP contribution in [0.25, 0.3) is 0 Å². The number of carbonyl (C=O) groups excluding carboxylic acids is 2. The lowest BCUT2D eigenvalue weighted by atomic mass is 10.1. The highest BCUT2D eigenvalue weighted by Gasteiger charge is 2.64. The Morgan fingerprint density at radius 1 is 1.14 bits per heavy atom. The van der Waals surface area contributed by atoms with Crippen molar-refractivity contribution >= 4 is 28.4 Å². The fraction of sp³-hybridized carbons (Fsp3) is 0.611. The van der Waals surface area contributed by atoms with Crippen LogP contribution in [0, 0.1) is 11.3 Å². The first-order chi connectivity index (χ1) is 13.7. The smallest absolute Gasteiger partial charge is 0.442 e. The number of nitrogens with zero attached hydrogens (tertiary/aromatic N) is 1. The third-order valence-electron chi connectivity index (χ3n) is 4.41. The first-order valence-corrected chi connectivity index (χ1v) is 10.0. The number of hydrogen-bond acceptors (Lipinski definition) is 7. The van der Waals surface area contributed by atoms with E-state index >= 15 is 0 Å². The Labute approximate surface area is 170 Å². The van der Waals surface area contributed by atoms with Crippen molar-refractivity contribution < 1.29 is 32.2 Å². The molecule has 2 rings (SSSR count). The summed E-state index contributed by atoms with van der Waals surface area (Å²) in [5, 5.41) is 13.1. The van der Waals surface area contributed by atoms with Crippen molar-refractivity contribution in [3.63, 3.8) is 0 Å². The van der Waals surface area contributed by atoms with Crippen molar-refractivity contribution in [2.45, 2.75) is 57.8 Å². The largest absolute Gasteiger partial charge is 0.463 e. The lowest BCUT2D eigenvalue weighted by molar-refractivity contribution is -0.205. The normalized spacial score (nSPS) is 15.9. The number of thiophene rings is 1. The van der Waals surface area contributed by atoms with E-state index in [1.807, 2.05) is 6.07 Å². The highest BCUT2D eigenvalue weighted by atomic mass is 32.1. The van der Waals surface area contributed by atoms with Gasteiger partial charge in [-0.3, -0.25) is 5.32 Å². The molecule has 1 amide bonds. The van der Waals surface area contributed by atoms with Crippen LogP contribution in [0.1, 0.15) is 49.1 Å². The molecule has 0 aromatic carbocycles. The number of alkyl carbamates (subject to hydrolysis) is 1. The van der Waals surface area contributed by atoms with Gasteiger partial charge in [-0.25, -0.2) is 9.59 Å². The molecule has 160 valence electrons. The van der Waals surface area contributed by atoms with Crippen molar-refractivity contribution in [2.75, 3.05) is 18.5 Å². The van der Waals surface area contributed by atoms with E-state index in [2.05, 4.69) is 14.8 Å². The van der Waals surface area contributed by atoms with E-state index in [1.165, 1.54) is 13.8 Å².